The van der Waals surface area contributed by atoms with Crippen molar-refractivity contribution in [2.24, 2.45) is 0 Å². The Morgan fingerprint density at radius 1 is 1.30 bits per heavy atom. The van der Waals surface area contributed by atoms with E-state index in [-0.39, 0.29) is 11.9 Å². The van der Waals surface area contributed by atoms with Crippen LogP contribution >= 0.6 is 0 Å². The van der Waals surface area contributed by atoms with Crippen LogP contribution < -0.4 is 5.32 Å². The van der Waals surface area contributed by atoms with E-state index in [1.165, 1.54) is 0 Å². The Morgan fingerprint density at radius 2 is 2.09 bits per heavy atom. The van der Waals surface area contributed by atoms with Crippen LogP contribution in [0, 0.1) is 0 Å². The lowest BCUT2D eigenvalue weighted by atomic mass is 10.2. The Balaban J connectivity index is 1.73. The minimum atomic E-state index is -0.0246. The molecule has 0 aromatic heterocycles. The lowest BCUT2D eigenvalue weighted by Crippen LogP contribution is -2.41. The number of rotatable bonds is 8. The molecule has 1 aromatic rings. The number of carbonyl (C=O) groups excluding carboxylic acids is 2. The number of hydrogen-bond acceptors (Lipinski definition) is 2. The molecule has 0 radical (unpaired) electrons. The molecule has 1 N–H and O–H groups in total. The van der Waals surface area contributed by atoms with Crippen LogP contribution in [-0.4, -0.2) is 47.9 Å². The van der Waals surface area contributed by atoms with E-state index in [2.05, 4.69) is 12.2 Å². The highest BCUT2D eigenvalue weighted by atomic mass is 16.2. The molecule has 3 amide bonds. The summed E-state index contributed by atoms with van der Waals surface area (Å²) < 4.78 is 0. The van der Waals surface area contributed by atoms with E-state index in [0.717, 1.165) is 44.5 Å². The Kier molecular flexibility index (Phi) is 6.91. The molecule has 0 atom stereocenters. The molecular weight excluding hydrogens is 290 g/mol. The largest absolute Gasteiger partial charge is 0.343 e. The molecule has 0 spiro atoms. The molecule has 23 heavy (non-hydrogen) atoms. The molecule has 5 nitrogen and oxygen atoms in total. The van der Waals surface area contributed by atoms with Crippen LogP contribution in [0.5, 0.6) is 0 Å². The Bertz CT molecular complexity index is 504. The van der Waals surface area contributed by atoms with Gasteiger partial charge in [-0.05, 0) is 24.8 Å². The first-order valence-electron chi connectivity index (χ1n) is 8.55. The second-order valence-corrected chi connectivity index (χ2v) is 5.98. The Labute approximate surface area is 138 Å². The van der Waals surface area contributed by atoms with Gasteiger partial charge in [-0.2, -0.15) is 0 Å². The average Bonchev–Trinajstić information content (AvgIpc) is 2.97. The molecule has 1 heterocycles. The summed E-state index contributed by atoms with van der Waals surface area (Å²) in [5.74, 6) is 0.244. The maximum atomic E-state index is 12.3. The maximum absolute atomic E-state index is 12.3. The quantitative estimate of drug-likeness (QED) is 0.749. The van der Waals surface area contributed by atoms with Crippen molar-refractivity contribution in [3.63, 3.8) is 0 Å². The normalized spacial score (nSPS) is 14.1. The Hall–Kier alpha value is -2.04. The summed E-state index contributed by atoms with van der Waals surface area (Å²) in [7, 11) is 0. The summed E-state index contributed by atoms with van der Waals surface area (Å²) in [5.41, 5.74) is 1.14. The molecule has 0 aliphatic carbocycles. The predicted octanol–water partition coefficient (Wildman–Crippen LogP) is 2.62. The maximum Gasteiger partial charge on any atom is 0.317 e. The fraction of sp³-hybridized carbons (Fsp3) is 0.556. The van der Waals surface area contributed by atoms with Crippen molar-refractivity contribution in [2.75, 3.05) is 26.2 Å². The highest BCUT2D eigenvalue weighted by Gasteiger charge is 2.19. The van der Waals surface area contributed by atoms with E-state index >= 15 is 0 Å². The lowest BCUT2D eigenvalue weighted by Gasteiger charge is -2.23. The van der Waals surface area contributed by atoms with Gasteiger partial charge in [0, 0.05) is 39.1 Å². The van der Waals surface area contributed by atoms with E-state index in [1.54, 1.807) is 0 Å². The number of hydrogen-bond donors (Lipinski definition) is 1. The first-order valence-corrected chi connectivity index (χ1v) is 8.55. The van der Waals surface area contributed by atoms with Crippen LogP contribution in [0.25, 0.3) is 0 Å². The summed E-state index contributed by atoms with van der Waals surface area (Å²) in [5, 5.41) is 2.98. The highest BCUT2D eigenvalue weighted by molar-refractivity contribution is 5.78. The van der Waals surface area contributed by atoms with Crippen LogP contribution in [0.3, 0.4) is 0 Å². The van der Waals surface area contributed by atoms with E-state index in [1.807, 2.05) is 40.1 Å². The minimum Gasteiger partial charge on any atom is -0.343 e. The number of nitrogens with zero attached hydrogens (tertiary/aromatic N) is 2. The zero-order chi connectivity index (χ0) is 16.5. The van der Waals surface area contributed by atoms with Gasteiger partial charge in [0.05, 0.1) is 0 Å². The lowest BCUT2D eigenvalue weighted by molar-refractivity contribution is -0.127. The molecule has 1 fully saturated rings. The van der Waals surface area contributed by atoms with Crippen molar-refractivity contribution in [3.05, 3.63) is 35.9 Å². The number of nitrogens with one attached hydrogen (secondary N) is 1. The van der Waals surface area contributed by atoms with Crippen molar-refractivity contribution in [1.82, 2.24) is 15.1 Å². The topological polar surface area (TPSA) is 52.7 Å². The molecule has 1 aromatic carbocycles. The molecule has 2 rings (SSSR count). The smallest absolute Gasteiger partial charge is 0.317 e. The van der Waals surface area contributed by atoms with Gasteiger partial charge in [0.25, 0.3) is 0 Å². The molecule has 126 valence electrons. The summed E-state index contributed by atoms with van der Waals surface area (Å²) in [6.45, 7) is 5.66. The van der Waals surface area contributed by atoms with Crippen molar-refractivity contribution in [3.8, 4) is 0 Å². The van der Waals surface area contributed by atoms with Gasteiger partial charge in [-0.1, -0.05) is 37.3 Å². The first-order chi connectivity index (χ1) is 11.2. The van der Waals surface area contributed by atoms with E-state index < -0.39 is 0 Å². The van der Waals surface area contributed by atoms with Gasteiger partial charge in [0.15, 0.2) is 0 Å². The van der Waals surface area contributed by atoms with Gasteiger partial charge in [-0.25, -0.2) is 4.79 Å². The number of urea groups is 1. The van der Waals surface area contributed by atoms with Crippen LogP contribution in [0.15, 0.2) is 30.3 Å². The predicted molar refractivity (Wildman–Crippen MR) is 91.0 cm³/mol. The van der Waals surface area contributed by atoms with Gasteiger partial charge < -0.3 is 15.1 Å². The van der Waals surface area contributed by atoms with Crippen LogP contribution in [-0.2, 0) is 11.3 Å². The summed E-state index contributed by atoms with van der Waals surface area (Å²) in [6, 6.07) is 10.0. The summed E-state index contributed by atoms with van der Waals surface area (Å²) >= 11 is 0. The van der Waals surface area contributed by atoms with Crippen LogP contribution in [0.1, 0.15) is 38.2 Å². The molecule has 1 aliphatic heterocycles. The average molecular weight is 317 g/mol. The summed E-state index contributed by atoms with van der Waals surface area (Å²) in [4.78, 5) is 27.6. The van der Waals surface area contributed by atoms with Gasteiger partial charge in [-0.3, -0.25) is 4.79 Å². The first kappa shape index (κ1) is 17.3. The molecule has 1 saturated heterocycles. The molecule has 0 unspecified atom stereocenters. The van der Waals surface area contributed by atoms with E-state index in [9.17, 15) is 9.59 Å². The third kappa shape index (κ3) is 5.58. The monoisotopic (exact) mass is 317 g/mol. The SMILES string of the molecule is CCCN(Cc1ccccc1)C(=O)NCCCN1CCCC1=O. The highest BCUT2D eigenvalue weighted by Crippen LogP contribution is 2.09. The van der Waals surface area contributed by atoms with Crippen LogP contribution in [0.2, 0.25) is 0 Å². The standard InChI is InChI=1S/C18H27N3O2/c1-2-12-21(15-16-8-4-3-5-9-16)18(23)19-11-7-14-20-13-6-10-17(20)22/h3-5,8-9H,2,6-7,10-15H2,1H3,(H,19,23). The third-order valence-electron chi connectivity index (χ3n) is 4.05. The molecule has 0 saturated carbocycles. The molecule has 5 heteroatoms. The molecular formula is C18H27N3O2. The zero-order valence-corrected chi connectivity index (χ0v) is 14.0. The number of carbonyl (C=O) groups is 2. The number of likely N-dealkylation sites (tertiary alicyclic amines) is 1. The van der Waals surface area contributed by atoms with Crippen LogP contribution in [0.4, 0.5) is 4.79 Å². The van der Waals surface area contributed by atoms with Gasteiger partial charge in [0.2, 0.25) is 5.91 Å². The fourth-order valence-corrected chi connectivity index (χ4v) is 2.84. The van der Waals surface area contributed by atoms with Crippen molar-refractivity contribution >= 4 is 11.9 Å². The van der Waals surface area contributed by atoms with Crippen molar-refractivity contribution < 1.29 is 9.59 Å². The van der Waals surface area contributed by atoms with Crippen molar-refractivity contribution in [1.29, 1.82) is 0 Å². The molecule has 1 aliphatic rings. The van der Waals surface area contributed by atoms with Crippen molar-refractivity contribution in [2.45, 2.75) is 39.2 Å². The fourth-order valence-electron chi connectivity index (χ4n) is 2.84. The second-order valence-electron chi connectivity index (χ2n) is 5.98. The second kappa shape index (κ2) is 9.18. The van der Waals surface area contributed by atoms with Gasteiger partial charge >= 0.3 is 6.03 Å². The van der Waals surface area contributed by atoms with Gasteiger partial charge in [-0.15, -0.1) is 0 Å². The summed E-state index contributed by atoms with van der Waals surface area (Å²) in [6.07, 6.45) is 3.38. The van der Waals surface area contributed by atoms with Gasteiger partial charge in [0.1, 0.15) is 0 Å². The van der Waals surface area contributed by atoms with E-state index in [0.29, 0.717) is 19.5 Å². The zero-order valence-electron chi connectivity index (χ0n) is 14.0. The van der Waals surface area contributed by atoms with E-state index in [4.69, 9.17) is 0 Å². The Morgan fingerprint density at radius 3 is 2.74 bits per heavy atom. The minimum absolute atomic E-state index is 0.0246. The number of amides is 3. The number of benzene rings is 1. The molecule has 0 bridgehead atoms. The third-order valence-corrected chi connectivity index (χ3v) is 4.05.